The van der Waals surface area contributed by atoms with Gasteiger partial charge >= 0.3 is 0 Å². The average molecular weight is 438 g/mol. The van der Waals surface area contributed by atoms with Gasteiger partial charge in [0.1, 0.15) is 5.82 Å². The number of hydrogen-bond acceptors (Lipinski definition) is 7. The first-order valence-corrected chi connectivity index (χ1v) is 10.7. The summed E-state index contributed by atoms with van der Waals surface area (Å²) in [6.07, 6.45) is 1.93. The number of ether oxygens (including phenoxy) is 2. The fraction of sp³-hybridized carbons (Fsp3) is 0.348. The van der Waals surface area contributed by atoms with E-state index >= 15 is 0 Å². The summed E-state index contributed by atoms with van der Waals surface area (Å²) in [5.74, 6) is 1.68. The number of aryl methyl sites for hydroxylation is 1. The molecule has 1 fully saturated rings. The second-order valence-corrected chi connectivity index (χ2v) is 7.85. The Morgan fingerprint density at radius 2 is 1.97 bits per heavy atom. The molecule has 3 heterocycles. The Balaban J connectivity index is 1.20. The van der Waals surface area contributed by atoms with E-state index in [0.717, 1.165) is 0 Å². The van der Waals surface area contributed by atoms with Crippen LogP contribution < -0.4 is 19.7 Å². The molecular weight excluding hydrogens is 415 g/mol. The first kappa shape index (κ1) is 20.3. The van der Waals surface area contributed by atoms with Crippen molar-refractivity contribution < 1.29 is 23.2 Å². The number of carbonyl (C=O) groups is 1. The predicted molar refractivity (Wildman–Crippen MR) is 115 cm³/mol. The second kappa shape index (κ2) is 8.49. The smallest absolute Gasteiger partial charge is 0.258 e. The first-order chi connectivity index (χ1) is 15.6. The van der Waals surface area contributed by atoms with Gasteiger partial charge in [0.15, 0.2) is 17.3 Å². The highest BCUT2D eigenvalue weighted by atomic mass is 19.1. The van der Waals surface area contributed by atoms with Crippen molar-refractivity contribution in [3.05, 3.63) is 48.0 Å². The van der Waals surface area contributed by atoms with Gasteiger partial charge in [0, 0.05) is 42.7 Å². The van der Waals surface area contributed by atoms with E-state index in [2.05, 4.69) is 15.5 Å². The molecule has 1 aromatic heterocycles. The van der Waals surface area contributed by atoms with Gasteiger partial charge in [-0.25, -0.2) is 4.39 Å². The zero-order valence-electron chi connectivity index (χ0n) is 17.6. The van der Waals surface area contributed by atoms with Crippen molar-refractivity contribution in [1.29, 1.82) is 0 Å². The Morgan fingerprint density at radius 1 is 1.16 bits per heavy atom. The summed E-state index contributed by atoms with van der Waals surface area (Å²) in [5.41, 5.74) is 1.74. The normalized spacial score (nSPS) is 15.8. The van der Waals surface area contributed by atoms with Crippen LogP contribution in [0, 0.1) is 11.7 Å². The zero-order chi connectivity index (χ0) is 22.1. The van der Waals surface area contributed by atoms with E-state index in [0.29, 0.717) is 72.5 Å². The highest BCUT2D eigenvalue weighted by Crippen LogP contribution is 2.35. The maximum atomic E-state index is 14.8. The molecule has 2 aromatic carbocycles. The predicted octanol–water partition coefficient (Wildman–Crippen LogP) is 4.02. The summed E-state index contributed by atoms with van der Waals surface area (Å²) in [4.78, 5) is 18.9. The molecule has 0 bridgehead atoms. The number of benzene rings is 2. The molecule has 1 amide bonds. The van der Waals surface area contributed by atoms with E-state index in [1.165, 1.54) is 6.07 Å². The number of hydrogen-bond donors (Lipinski definition) is 1. The van der Waals surface area contributed by atoms with Gasteiger partial charge in [0.25, 0.3) is 5.89 Å². The Bertz CT molecular complexity index is 1140. The van der Waals surface area contributed by atoms with E-state index < -0.39 is 0 Å². The molecule has 3 aromatic rings. The van der Waals surface area contributed by atoms with E-state index in [4.69, 9.17) is 14.0 Å². The van der Waals surface area contributed by atoms with Crippen LogP contribution in [0.4, 0.5) is 15.8 Å². The molecule has 1 N–H and O–H groups in total. The van der Waals surface area contributed by atoms with Crippen molar-refractivity contribution >= 4 is 17.3 Å². The number of fused-ring (bicyclic) bond motifs is 1. The van der Waals surface area contributed by atoms with Crippen LogP contribution in [0.3, 0.4) is 0 Å². The largest absolute Gasteiger partial charge is 0.454 e. The molecule has 166 valence electrons. The lowest BCUT2D eigenvalue weighted by atomic mass is 9.95. The quantitative estimate of drug-likeness (QED) is 0.643. The highest BCUT2D eigenvalue weighted by molar-refractivity contribution is 5.93. The molecule has 9 heteroatoms. The zero-order valence-corrected chi connectivity index (χ0v) is 17.6. The third kappa shape index (κ3) is 3.98. The molecule has 8 nitrogen and oxygen atoms in total. The average Bonchev–Trinajstić information content (AvgIpc) is 3.48. The van der Waals surface area contributed by atoms with Crippen LogP contribution in [0.1, 0.15) is 25.6 Å². The van der Waals surface area contributed by atoms with Crippen LogP contribution in [-0.4, -0.2) is 35.9 Å². The summed E-state index contributed by atoms with van der Waals surface area (Å²) in [5, 5.41) is 6.80. The third-order valence-corrected chi connectivity index (χ3v) is 5.83. The molecule has 5 rings (SSSR count). The Labute approximate surface area is 184 Å². The van der Waals surface area contributed by atoms with Crippen molar-refractivity contribution in [1.82, 2.24) is 10.1 Å². The van der Waals surface area contributed by atoms with Crippen LogP contribution in [0.5, 0.6) is 11.5 Å². The van der Waals surface area contributed by atoms with E-state index in [-0.39, 0.29) is 24.4 Å². The highest BCUT2D eigenvalue weighted by Gasteiger charge is 2.27. The minimum absolute atomic E-state index is 0.0394. The van der Waals surface area contributed by atoms with Gasteiger partial charge in [-0.1, -0.05) is 12.1 Å². The SMILES string of the molecule is CCc1noc(-c2ccc(N3CCC(C(=O)Nc4ccc5c(c4)OCO5)CC3)c(F)c2)n1. The van der Waals surface area contributed by atoms with Crippen molar-refractivity contribution in [3.63, 3.8) is 0 Å². The number of anilines is 2. The lowest BCUT2D eigenvalue weighted by molar-refractivity contribution is -0.120. The summed E-state index contributed by atoms with van der Waals surface area (Å²) in [6.45, 7) is 3.31. The van der Waals surface area contributed by atoms with Gasteiger partial charge in [0.2, 0.25) is 12.7 Å². The van der Waals surface area contributed by atoms with Crippen molar-refractivity contribution in [3.8, 4) is 23.0 Å². The number of rotatable bonds is 5. The number of halogens is 1. The van der Waals surface area contributed by atoms with Gasteiger partial charge in [-0.2, -0.15) is 4.98 Å². The number of nitrogens with one attached hydrogen (secondary N) is 1. The van der Waals surface area contributed by atoms with E-state index in [1.54, 1.807) is 30.3 Å². The second-order valence-electron chi connectivity index (χ2n) is 7.85. The molecule has 0 atom stereocenters. The Kier molecular flexibility index (Phi) is 5.38. The molecule has 0 radical (unpaired) electrons. The number of amides is 1. The van der Waals surface area contributed by atoms with Gasteiger partial charge in [-0.05, 0) is 43.2 Å². The molecule has 32 heavy (non-hydrogen) atoms. The standard InChI is InChI=1S/C23H23FN4O4/c1-2-21-26-23(32-27-21)15-3-5-18(17(24)11-15)28-9-7-14(8-10-28)22(29)25-16-4-6-19-20(12-16)31-13-30-19/h3-6,11-12,14H,2,7-10,13H2,1H3,(H,25,29). The van der Waals surface area contributed by atoms with E-state index in [9.17, 15) is 9.18 Å². The molecule has 2 aliphatic heterocycles. The van der Waals surface area contributed by atoms with Crippen LogP contribution in [-0.2, 0) is 11.2 Å². The Morgan fingerprint density at radius 3 is 2.72 bits per heavy atom. The summed E-state index contributed by atoms with van der Waals surface area (Å²) in [6, 6.07) is 10.3. The molecule has 0 unspecified atom stereocenters. The topological polar surface area (TPSA) is 89.7 Å². The lowest BCUT2D eigenvalue weighted by Gasteiger charge is -2.33. The van der Waals surface area contributed by atoms with Crippen molar-refractivity contribution in [2.75, 3.05) is 30.1 Å². The van der Waals surface area contributed by atoms with Crippen LogP contribution in [0.25, 0.3) is 11.5 Å². The van der Waals surface area contributed by atoms with Gasteiger partial charge in [-0.3, -0.25) is 4.79 Å². The van der Waals surface area contributed by atoms with Gasteiger partial charge in [0.05, 0.1) is 5.69 Å². The number of carbonyl (C=O) groups excluding carboxylic acids is 1. The lowest BCUT2D eigenvalue weighted by Crippen LogP contribution is -2.38. The summed E-state index contributed by atoms with van der Waals surface area (Å²) in [7, 11) is 0. The van der Waals surface area contributed by atoms with Gasteiger partial charge in [-0.15, -0.1) is 0 Å². The summed E-state index contributed by atoms with van der Waals surface area (Å²) >= 11 is 0. The van der Waals surface area contributed by atoms with Gasteiger partial charge < -0.3 is 24.2 Å². The minimum atomic E-state index is -0.345. The maximum absolute atomic E-state index is 14.8. The molecule has 0 aliphatic carbocycles. The molecule has 1 saturated heterocycles. The maximum Gasteiger partial charge on any atom is 0.258 e. The third-order valence-electron chi connectivity index (χ3n) is 5.83. The van der Waals surface area contributed by atoms with E-state index in [1.807, 2.05) is 11.8 Å². The summed E-state index contributed by atoms with van der Waals surface area (Å²) < 4.78 is 30.7. The monoisotopic (exact) mass is 438 g/mol. The molecule has 0 saturated carbocycles. The molecule has 0 spiro atoms. The molecular formula is C23H23FN4O4. The van der Waals surface area contributed by atoms with Crippen molar-refractivity contribution in [2.24, 2.45) is 5.92 Å². The van der Waals surface area contributed by atoms with Crippen molar-refractivity contribution in [2.45, 2.75) is 26.2 Å². The fourth-order valence-corrected chi connectivity index (χ4v) is 4.01. The number of aromatic nitrogens is 2. The Hall–Kier alpha value is -3.62. The number of nitrogens with zero attached hydrogens (tertiary/aromatic N) is 3. The van der Waals surface area contributed by atoms with Crippen LogP contribution in [0.15, 0.2) is 40.9 Å². The number of piperidine rings is 1. The minimum Gasteiger partial charge on any atom is -0.454 e. The fourth-order valence-electron chi connectivity index (χ4n) is 4.01. The molecule has 2 aliphatic rings. The van der Waals surface area contributed by atoms with Crippen LogP contribution >= 0.6 is 0 Å². The van der Waals surface area contributed by atoms with Crippen LogP contribution in [0.2, 0.25) is 0 Å². The first-order valence-electron chi connectivity index (χ1n) is 10.7.